The monoisotopic (exact) mass is 425 g/mol. The Morgan fingerprint density at radius 1 is 1.03 bits per heavy atom. The predicted octanol–water partition coefficient (Wildman–Crippen LogP) is 3.55. The fourth-order valence-electron chi connectivity index (χ4n) is 2.39. The summed E-state index contributed by atoms with van der Waals surface area (Å²) in [6.07, 6.45) is 0. The highest BCUT2D eigenvalue weighted by molar-refractivity contribution is 6.32. The Kier molecular flexibility index (Phi) is 9.52. The largest absolute Gasteiger partial charge is 0.504 e. The minimum absolute atomic E-state index is 0.104. The zero-order chi connectivity index (χ0) is 21.1. The molecular weight excluding hydrogens is 402 g/mol. The first kappa shape index (κ1) is 22.8. The summed E-state index contributed by atoms with van der Waals surface area (Å²) in [5.74, 6) is -1.10. The van der Waals surface area contributed by atoms with E-state index in [1.54, 1.807) is 31.4 Å². The lowest BCUT2D eigenvalue weighted by Crippen LogP contribution is -2.12. The maximum absolute atomic E-state index is 11.3. The Morgan fingerprint density at radius 3 is 2.34 bits per heavy atom. The number of rotatable bonds is 13. The Balaban J connectivity index is 1.86. The molecule has 0 spiro atoms. The average Bonchev–Trinajstić information content (AvgIpc) is 2.68. The lowest BCUT2D eigenvalue weighted by Gasteiger charge is -2.14. The molecule has 9 heteroatoms. The summed E-state index contributed by atoms with van der Waals surface area (Å²) in [4.78, 5) is 11.3. The predicted molar refractivity (Wildman–Crippen MR) is 109 cm³/mol. The van der Waals surface area contributed by atoms with Gasteiger partial charge in [-0.05, 0) is 18.2 Å². The third-order valence-electron chi connectivity index (χ3n) is 3.74. The van der Waals surface area contributed by atoms with Crippen LogP contribution < -0.4 is 10.1 Å². The Morgan fingerprint density at radius 2 is 1.69 bits per heavy atom. The molecule has 0 fully saturated rings. The van der Waals surface area contributed by atoms with Crippen LogP contribution in [0.2, 0.25) is 5.02 Å². The molecule has 158 valence electrons. The van der Waals surface area contributed by atoms with E-state index in [9.17, 15) is 15.0 Å². The van der Waals surface area contributed by atoms with Gasteiger partial charge in [0.05, 0.1) is 49.3 Å². The number of aromatic carboxylic acids is 1. The van der Waals surface area contributed by atoms with E-state index in [0.29, 0.717) is 44.4 Å². The van der Waals surface area contributed by atoms with Gasteiger partial charge in [0.2, 0.25) is 0 Å². The fraction of sp³-hybridized carbons (Fsp3) is 0.350. The zero-order valence-electron chi connectivity index (χ0n) is 16.0. The van der Waals surface area contributed by atoms with Crippen molar-refractivity contribution in [2.45, 2.75) is 0 Å². The quantitative estimate of drug-likeness (QED) is 0.418. The summed E-state index contributed by atoms with van der Waals surface area (Å²) >= 11 is 6.20. The number of para-hydroxylation sites is 1. The van der Waals surface area contributed by atoms with E-state index < -0.39 is 5.97 Å². The van der Waals surface area contributed by atoms with E-state index in [1.807, 2.05) is 0 Å². The van der Waals surface area contributed by atoms with Crippen LogP contribution in [-0.2, 0) is 14.2 Å². The third kappa shape index (κ3) is 7.43. The number of ether oxygens (including phenoxy) is 4. The number of halogens is 1. The van der Waals surface area contributed by atoms with Crippen molar-refractivity contribution in [3.05, 3.63) is 47.0 Å². The number of carboxylic acids is 1. The van der Waals surface area contributed by atoms with Crippen molar-refractivity contribution >= 4 is 28.9 Å². The lowest BCUT2D eigenvalue weighted by molar-refractivity contribution is 0.0178. The molecule has 2 aromatic rings. The molecule has 0 amide bonds. The number of phenols is 1. The van der Waals surface area contributed by atoms with Crippen molar-refractivity contribution in [2.75, 3.05) is 52.1 Å². The maximum atomic E-state index is 11.3. The van der Waals surface area contributed by atoms with E-state index in [4.69, 9.17) is 30.5 Å². The van der Waals surface area contributed by atoms with Crippen LogP contribution in [0.15, 0.2) is 36.4 Å². The molecule has 0 saturated heterocycles. The van der Waals surface area contributed by atoms with Crippen molar-refractivity contribution in [1.82, 2.24) is 0 Å². The van der Waals surface area contributed by atoms with Crippen LogP contribution in [0.3, 0.4) is 0 Å². The van der Waals surface area contributed by atoms with E-state index in [2.05, 4.69) is 5.32 Å². The highest BCUT2D eigenvalue weighted by atomic mass is 35.5. The number of benzene rings is 2. The van der Waals surface area contributed by atoms with Gasteiger partial charge in [0.25, 0.3) is 0 Å². The van der Waals surface area contributed by atoms with Crippen LogP contribution in [0.25, 0.3) is 0 Å². The minimum Gasteiger partial charge on any atom is -0.504 e. The minimum atomic E-state index is -1.06. The third-order valence-corrected chi connectivity index (χ3v) is 4.02. The zero-order valence-corrected chi connectivity index (χ0v) is 16.8. The van der Waals surface area contributed by atoms with Gasteiger partial charge >= 0.3 is 5.97 Å². The van der Waals surface area contributed by atoms with Crippen LogP contribution in [-0.4, -0.2) is 62.9 Å². The molecule has 0 bridgehead atoms. The summed E-state index contributed by atoms with van der Waals surface area (Å²) in [6, 6.07) is 9.38. The van der Waals surface area contributed by atoms with Crippen molar-refractivity contribution in [2.24, 2.45) is 0 Å². The molecule has 0 unspecified atom stereocenters. The van der Waals surface area contributed by atoms with Crippen LogP contribution in [0.1, 0.15) is 10.4 Å². The molecule has 2 aromatic carbocycles. The van der Waals surface area contributed by atoms with E-state index >= 15 is 0 Å². The van der Waals surface area contributed by atoms with Gasteiger partial charge in [0, 0.05) is 18.9 Å². The topological polar surface area (TPSA) is 106 Å². The second-order valence-electron chi connectivity index (χ2n) is 5.85. The number of nitrogens with one attached hydrogen (secondary N) is 1. The maximum Gasteiger partial charge on any atom is 0.337 e. The fourth-order valence-corrected chi connectivity index (χ4v) is 2.66. The van der Waals surface area contributed by atoms with Crippen LogP contribution in [0, 0.1) is 0 Å². The summed E-state index contributed by atoms with van der Waals surface area (Å²) in [5.41, 5.74) is 0.912. The van der Waals surface area contributed by atoms with Gasteiger partial charge < -0.3 is 34.5 Å². The van der Waals surface area contributed by atoms with Gasteiger partial charge in [-0.3, -0.25) is 0 Å². The number of hydrogen-bond donors (Lipinski definition) is 3. The molecule has 0 radical (unpaired) electrons. The van der Waals surface area contributed by atoms with E-state index in [-0.39, 0.29) is 28.7 Å². The van der Waals surface area contributed by atoms with Crippen molar-refractivity contribution in [3.8, 4) is 11.5 Å². The molecule has 29 heavy (non-hydrogen) atoms. The molecule has 0 heterocycles. The van der Waals surface area contributed by atoms with Gasteiger partial charge in [0.15, 0.2) is 11.5 Å². The molecular formula is C20H24ClNO7. The molecule has 8 nitrogen and oxygen atoms in total. The lowest BCUT2D eigenvalue weighted by atomic mass is 10.1. The molecule has 0 aliphatic heterocycles. The first-order valence-corrected chi connectivity index (χ1v) is 9.29. The van der Waals surface area contributed by atoms with Gasteiger partial charge in [-0.1, -0.05) is 23.7 Å². The van der Waals surface area contributed by atoms with E-state index in [0.717, 1.165) is 0 Å². The summed E-state index contributed by atoms with van der Waals surface area (Å²) < 4.78 is 21.0. The number of aromatic hydroxyl groups is 1. The molecule has 0 aliphatic rings. The van der Waals surface area contributed by atoms with Gasteiger partial charge in [-0.2, -0.15) is 0 Å². The molecule has 2 rings (SSSR count). The number of methoxy groups -OCH3 is 1. The number of carboxylic acid groups (broad SMARTS) is 1. The first-order chi connectivity index (χ1) is 14.0. The van der Waals surface area contributed by atoms with Crippen molar-refractivity contribution < 1.29 is 34.0 Å². The average molecular weight is 426 g/mol. The standard InChI is InChI=1S/C20H24ClNO7/c1-26-6-7-27-8-9-28-10-11-29-19-16(21)12-14(13-18(19)23)22-17-5-3-2-4-15(17)20(24)25/h2-5,12-13,22-23H,6-11H2,1H3,(H,24,25). The second-order valence-corrected chi connectivity index (χ2v) is 6.26. The molecule has 0 aliphatic carbocycles. The summed E-state index contributed by atoms with van der Waals surface area (Å²) in [6.45, 7) is 2.41. The number of anilines is 2. The molecule has 3 N–H and O–H groups in total. The number of carbonyl (C=O) groups is 1. The van der Waals surface area contributed by atoms with Gasteiger partial charge in [0.1, 0.15) is 6.61 Å². The SMILES string of the molecule is COCCOCCOCCOc1c(O)cc(Nc2ccccc2C(=O)O)cc1Cl. The molecule has 0 saturated carbocycles. The van der Waals surface area contributed by atoms with Crippen LogP contribution in [0.4, 0.5) is 11.4 Å². The first-order valence-electron chi connectivity index (χ1n) is 8.92. The van der Waals surface area contributed by atoms with Gasteiger partial charge in [-0.15, -0.1) is 0 Å². The van der Waals surface area contributed by atoms with E-state index in [1.165, 1.54) is 12.1 Å². The summed E-state index contributed by atoms with van der Waals surface area (Å²) in [5, 5.41) is 22.6. The van der Waals surface area contributed by atoms with Gasteiger partial charge in [-0.25, -0.2) is 4.79 Å². The van der Waals surface area contributed by atoms with Crippen LogP contribution >= 0.6 is 11.6 Å². The second kappa shape index (κ2) is 12.1. The van der Waals surface area contributed by atoms with Crippen molar-refractivity contribution in [3.63, 3.8) is 0 Å². The number of phenolic OH excluding ortho intramolecular Hbond substituents is 1. The smallest absolute Gasteiger partial charge is 0.337 e. The van der Waals surface area contributed by atoms with Crippen LogP contribution in [0.5, 0.6) is 11.5 Å². The number of hydrogen-bond acceptors (Lipinski definition) is 7. The Labute approximate surface area is 173 Å². The Hall–Kier alpha value is -2.52. The molecule has 0 aromatic heterocycles. The summed E-state index contributed by atoms with van der Waals surface area (Å²) in [7, 11) is 1.61. The normalized spacial score (nSPS) is 10.7. The van der Waals surface area contributed by atoms with Crippen molar-refractivity contribution in [1.29, 1.82) is 0 Å². The molecule has 0 atom stereocenters. The Bertz CT molecular complexity index is 777. The highest BCUT2D eigenvalue weighted by Crippen LogP contribution is 2.38. The highest BCUT2D eigenvalue weighted by Gasteiger charge is 2.13.